The Morgan fingerprint density at radius 1 is 1.36 bits per heavy atom. The zero-order valence-corrected chi connectivity index (χ0v) is 9.45. The predicted molar refractivity (Wildman–Crippen MR) is 59.2 cm³/mol. The maximum absolute atomic E-state index is 9.37. The number of hydrogen-bond donors (Lipinski definition) is 2. The number of hydrogen-bond acceptors (Lipinski definition) is 3. The lowest BCUT2D eigenvalue weighted by molar-refractivity contribution is 0.0843. The summed E-state index contributed by atoms with van der Waals surface area (Å²) in [4.78, 5) is 2.39. The lowest BCUT2D eigenvalue weighted by Gasteiger charge is -2.36. The molecule has 0 aromatic rings. The van der Waals surface area contributed by atoms with Crippen molar-refractivity contribution in [3.05, 3.63) is 0 Å². The molecule has 1 saturated carbocycles. The van der Waals surface area contributed by atoms with Crippen molar-refractivity contribution in [3.63, 3.8) is 0 Å². The number of aliphatic hydroxyl groups is 1. The second kappa shape index (κ2) is 5.69. The molecule has 14 heavy (non-hydrogen) atoms. The van der Waals surface area contributed by atoms with E-state index in [2.05, 4.69) is 11.8 Å². The SMILES string of the molecule is CCN(CC(C)O)C1CCC(N)CC1. The van der Waals surface area contributed by atoms with Crippen LogP contribution in [0.4, 0.5) is 0 Å². The van der Waals surface area contributed by atoms with Gasteiger partial charge in [0.15, 0.2) is 0 Å². The molecule has 0 aromatic carbocycles. The van der Waals surface area contributed by atoms with Crippen molar-refractivity contribution in [3.8, 4) is 0 Å². The highest BCUT2D eigenvalue weighted by Crippen LogP contribution is 2.21. The lowest BCUT2D eigenvalue weighted by Crippen LogP contribution is -2.43. The van der Waals surface area contributed by atoms with Crippen molar-refractivity contribution in [2.75, 3.05) is 13.1 Å². The summed E-state index contributed by atoms with van der Waals surface area (Å²) < 4.78 is 0. The van der Waals surface area contributed by atoms with Gasteiger partial charge in [-0.3, -0.25) is 4.90 Å². The van der Waals surface area contributed by atoms with Crippen molar-refractivity contribution in [1.29, 1.82) is 0 Å². The van der Waals surface area contributed by atoms with E-state index in [-0.39, 0.29) is 6.10 Å². The van der Waals surface area contributed by atoms with E-state index >= 15 is 0 Å². The first kappa shape index (κ1) is 12.0. The summed E-state index contributed by atoms with van der Waals surface area (Å²) in [6, 6.07) is 1.06. The molecule has 0 aliphatic heterocycles. The predicted octanol–water partition coefficient (Wildman–Crippen LogP) is 0.959. The van der Waals surface area contributed by atoms with Gasteiger partial charge in [-0.15, -0.1) is 0 Å². The quantitative estimate of drug-likeness (QED) is 0.710. The highest BCUT2D eigenvalue weighted by Gasteiger charge is 2.23. The van der Waals surface area contributed by atoms with Gasteiger partial charge in [0, 0.05) is 18.6 Å². The summed E-state index contributed by atoms with van der Waals surface area (Å²) >= 11 is 0. The van der Waals surface area contributed by atoms with Gasteiger partial charge in [0.25, 0.3) is 0 Å². The van der Waals surface area contributed by atoms with Crippen LogP contribution in [0.5, 0.6) is 0 Å². The average Bonchev–Trinajstić information content (AvgIpc) is 2.15. The Bertz CT molecular complexity index is 153. The van der Waals surface area contributed by atoms with Crippen LogP contribution in [-0.2, 0) is 0 Å². The fraction of sp³-hybridized carbons (Fsp3) is 1.00. The third-order valence-electron chi connectivity index (χ3n) is 3.16. The van der Waals surface area contributed by atoms with Crippen LogP contribution in [0.3, 0.4) is 0 Å². The molecule has 0 heterocycles. The molecule has 1 unspecified atom stereocenters. The summed E-state index contributed by atoms with van der Waals surface area (Å²) in [5, 5.41) is 9.37. The molecule has 0 bridgehead atoms. The van der Waals surface area contributed by atoms with Crippen LogP contribution >= 0.6 is 0 Å². The highest BCUT2D eigenvalue weighted by molar-refractivity contribution is 4.81. The number of aliphatic hydroxyl groups excluding tert-OH is 1. The van der Waals surface area contributed by atoms with Gasteiger partial charge in [0.2, 0.25) is 0 Å². The van der Waals surface area contributed by atoms with Crippen molar-refractivity contribution in [2.45, 2.75) is 57.7 Å². The van der Waals surface area contributed by atoms with Gasteiger partial charge in [-0.05, 0) is 39.2 Å². The van der Waals surface area contributed by atoms with Crippen LogP contribution in [0.25, 0.3) is 0 Å². The molecule has 0 aromatic heterocycles. The fourth-order valence-corrected chi connectivity index (χ4v) is 2.34. The minimum atomic E-state index is -0.217. The molecule has 1 aliphatic rings. The summed E-state index contributed by atoms with van der Waals surface area (Å²) in [7, 11) is 0. The van der Waals surface area contributed by atoms with Gasteiger partial charge >= 0.3 is 0 Å². The van der Waals surface area contributed by atoms with E-state index in [1.807, 2.05) is 6.92 Å². The second-order valence-corrected chi connectivity index (χ2v) is 4.51. The Labute approximate surface area is 87.3 Å². The number of rotatable bonds is 4. The third kappa shape index (κ3) is 3.56. The van der Waals surface area contributed by atoms with Gasteiger partial charge in [0.05, 0.1) is 6.10 Å². The number of nitrogens with zero attached hydrogens (tertiary/aromatic N) is 1. The van der Waals surface area contributed by atoms with Gasteiger partial charge in [-0.2, -0.15) is 0 Å². The van der Waals surface area contributed by atoms with E-state index in [4.69, 9.17) is 5.73 Å². The lowest BCUT2D eigenvalue weighted by atomic mass is 9.90. The summed E-state index contributed by atoms with van der Waals surface area (Å²) in [6.07, 6.45) is 4.45. The normalized spacial score (nSPS) is 30.6. The molecule has 0 amide bonds. The van der Waals surface area contributed by atoms with Crippen LogP contribution in [0.1, 0.15) is 39.5 Å². The highest BCUT2D eigenvalue weighted by atomic mass is 16.3. The van der Waals surface area contributed by atoms with Crippen LogP contribution in [-0.4, -0.2) is 41.3 Å². The van der Waals surface area contributed by atoms with Crippen LogP contribution in [0, 0.1) is 0 Å². The van der Waals surface area contributed by atoms with Crippen molar-refractivity contribution >= 4 is 0 Å². The van der Waals surface area contributed by atoms with E-state index in [1.165, 1.54) is 12.8 Å². The van der Waals surface area contributed by atoms with Crippen molar-refractivity contribution in [2.24, 2.45) is 5.73 Å². The summed E-state index contributed by atoms with van der Waals surface area (Å²) in [5.74, 6) is 0. The molecular weight excluding hydrogens is 176 g/mol. The number of nitrogens with two attached hydrogens (primary N) is 1. The second-order valence-electron chi connectivity index (χ2n) is 4.51. The van der Waals surface area contributed by atoms with Gasteiger partial charge in [-0.1, -0.05) is 6.92 Å². The summed E-state index contributed by atoms with van der Waals surface area (Å²) in [5.41, 5.74) is 5.87. The topological polar surface area (TPSA) is 49.5 Å². The maximum atomic E-state index is 9.37. The maximum Gasteiger partial charge on any atom is 0.0639 e. The Kier molecular flexibility index (Phi) is 4.85. The van der Waals surface area contributed by atoms with Crippen molar-refractivity contribution in [1.82, 2.24) is 4.90 Å². The Balaban J connectivity index is 2.36. The summed E-state index contributed by atoms with van der Waals surface area (Å²) in [6.45, 7) is 5.86. The standard InChI is InChI=1S/C11H24N2O/c1-3-13(8-9(2)14)11-6-4-10(12)5-7-11/h9-11,14H,3-8,12H2,1-2H3. The Hall–Kier alpha value is -0.120. The minimum Gasteiger partial charge on any atom is -0.392 e. The molecule has 3 heteroatoms. The smallest absolute Gasteiger partial charge is 0.0639 e. The van der Waals surface area contributed by atoms with Crippen LogP contribution in [0.2, 0.25) is 0 Å². The minimum absolute atomic E-state index is 0.217. The van der Waals surface area contributed by atoms with E-state index in [0.717, 1.165) is 25.9 Å². The Morgan fingerprint density at radius 3 is 2.36 bits per heavy atom. The molecule has 0 spiro atoms. The van der Waals surface area contributed by atoms with E-state index < -0.39 is 0 Å². The van der Waals surface area contributed by atoms with Crippen LogP contribution in [0.15, 0.2) is 0 Å². The first-order valence-electron chi connectivity index (χ1n) is 5.81. The fourth-order valence-electron chi connectivity index (χ4n) is 2.34. The molecular formula is C11H24N2O. The molecule has 0 saturated heterocycles. The third-order valence-corrected chi connectivity index (χ3v) is 3.16. The molecule has 1 atom stereocenters. The molecule has 1 aliphatic carbocycles. The molecule has 84 valence electrons. The zero-order valence-electron chi connectivity index (χ0n) is 9.45. The molecule has 1 fully saturated rings. The van der Waals surface area contributed by atoms with Crippen LogP contribution < -0.4 is 5.73 Å². The molecule has 3 N–H and O–H groups in total. The molecule has 3 nitrogen and oxygen atoms in total. The van der Waals surface area contributed by atoms with E-state index in [0.29, 0.717) is 12.1 Å². The largest absolute Gasteiger partial charge is 0.392 e. The Morgan fingerprint density at radius 2 is 1.93 bits per heavy atom. The van der Waals surface area contributed by atoms with Crippen molar-refractivity contribution < 1.29 is 5.11 Å². The van der Waals surface area contributed by atoms with Gasteiger partial charge < -0.3 is 10.8 Å². The van der Waals surface area contributed by atoms with E-state index in [1.54, 1.807) is 0 Å². The van der Waals surface area contributed by atoms with Gasteiger partial charge in [-0.25, -0.2) is 0 Å². The first-order chi connectivity index (χ1) is 6.63. The average molecular weight is 200 g/mol. The monoisotopic (exact) mass is 200 g/mol. The molecule has 1 rings (SSSR count). The molecule has 0 radical (unpaired) electrons. The number of likely N-dealkylation sites (N-methyl/N-ethyl adjacent to an activating group) is 1. The van der Waals surface area contributed by atoms with Gasteiger partial charge in [0.1, 0.15) is 0 Å². The first-order valence-corrected chi connectivity index (χ1v) is 5.81. The van der Waals surface area contributed by atoms with E-state index in [9.17, 15) is 5.11 Å². The zero-order chi connectivity index (χ0) is 10.6.